The van der Waals surface area contributed by atoms with Crippen LogP contribution in [0, 0.1) is 15.9 Å². The summed E-state index contributed by atoms with van der Waals surface area (Å²) in [6.45, 7) is 3.21. The maximum atomic E-state index is 14.4. The van der Waals surface area contributed by atoms with Crippen LogP contribution in [0.15, 0.2) is 40.5 Å². The molecule has 0 aliphatic carbocycles. The number of carbonyl (C=O) groups is 1. The van der Waals surface area contributed by atoms with E-state index in [1.165, 1.54) is 25.1 Å². The van der Waals surface area contributed by atoms with Gasteiger partial charge in [0.1, 0.15) is 5.82 Å². The van der Waals surface area contributed by atoms with E-state index in [1.807, 2.05) is 0 Å². The minimum Gasteiger partial charge on any atom is -0.462 e. The van der Waals surface area contributed by atoms with Crippen molar-refractivity contribution in [3.63, 3.8) is 0 Å². The van der Waals surface area contributed by atoms with Crippen molar-refractivity contribution in [3.05, 3.63) is 57.0 Å². The van der Waals surface area contributed by atoms with E-state index in [0.717, 1.165) is 0 Å². The fraction of sp³-hybridized carbons (Fsp3) is 0.412. The zero-order chi connectivity index (χ0) is 18.6. The second-order valence-corrected chi connectivity index (χ2v) is 6.14. The van der Waals surface area contributed by atoms with Crippen molar-refractivity contribution < 1.29 is 18.8 Å². The van der Waals surface area contributed by atoms with Gasteiger partial charge in [-0.2, -0.15) is 12.6 Å². The molecule has 0 radical (unpaired) electrons. The summed E-state index contributed by atoms with van der Waals surface area (Å²) in [7, 11) is 0. The van der Waals surface area contributed by atoms with Crippen molar-refractivity contribution >= 4 is 24.3 Å². The molecule has 0 bridgehead atoms. The van der Waals surface area contributed by atoms with E-state index in [1.54, 1.807) is 13.0 Å². The summed E-state index contributed by atoms with van der Waals surface area (Å²) in [5, 5.41) is 11.6. The Bertz CT molecular complexity index is 748. The van der Waals surface area contributed by atoms with Crippen LogP contribution in [0.4, 0.5) is 4.39 Å². The first-order chi connectivity index (χ1) is 11.9. The summed E-state index contributed by atoms with van der Waals surface area (Å²) < 4.78 is 19.5. The third-order valence-corrected chi connectivity index (χ3v) is 4.33. The van der Waals surface area contributed by atoms with Gasteiger partial charge in [-0.15, -0.1) is 0 Å². The fourth-order valence-electron chi connectivity index (χ4n) is 2.92. The number of esters is 1. The summed E-state index contributed by atoms with van der Waals surface area (Å²) in [6.07, 6.45) is 0.548. The van der Waals surface area contributed by atoms with Crippen molar-refractivity contribution in [1.82, 2.24) is 0 Å². The molecule has 8 heteroatoms. The Labute approximate surface area is 150 Å². The number of ether oxygens (including phenoxy) is 1. The number of hydrogen-bond acceptors (Lipinski definition) is 6. The Morgan fingerprint density at radius 3 is 2.68 bits per heavy atom. The van der Waals surface area contributed by atoms with Crippen molar-refractivity contribution in [2.75, 3.05) is 12.4 Å². The summed E-state index contributed by atoms with van der Waals surface area (Å²) >= 11 is 4.05. The van der Waals surface area contributed by atoms with E-state index in [4.69, 9.17) is 4.74 Å². The molecule has 0 saturated carbocycles. The molecule has 1 aromatic carbocycles. The van der Waals surface area contributed by atoms with Gasteiger partial charge >= 0.3 is 5.97 Å². The quantitative estimate of drug-likeness (QED) is 0.276. The molecule has 0 saturated heterocycles. The maximum Gasteiger partial charge on any atom is 0.336 e. The summed E-state index contributed by atoms with van der Waals surface area (Å²) in [5.41, 5.74) is 0.637. The highest BCUT2D eigenvalue weighted by Gasteiger charge is 2.45. The minimum absolute atomic E-state index is 0.0246. The Balaban J connectivity index is 2.54. The molecule has 25 heavy (non-hydrogen) atoms. The van der Waals surface area contributed by atoms with Crippen LogP contribution in [-0.4, -0.2) is 35.0 Å². The maximum absolute atomic E-state index is 14.4. The molecule has 2 rings (SSSR count). The normalized spacial score (nSPS) is 20.2. The molecular formula is C17H19FN2O4S. The zero-order valence-electron chi connectivity index (χ0n) is 13.9. The third-order valence-electron chi connectivity index (χ3n) is 4.01. The molecule has 0 aromatic heterocycles. The first-order valence-electron chi connectivity index (χ1n) is 7.80. The third kappa shape index (κ3) is 4.07. The van der Waals surface area contributed by atoms with Gasteiger partial charge in [-0.1, -0.05) is 18.2 Å². The number of hydrogen-bond donors (Lipinski definition) is 1. The van der Waals surface area contributed by atoms with Crippen molar-refractivity contribution in [2.45, 2.75) is 32.2 Å². The largest absolute Gasteiger partial charge is 0.462 e. The monoisotopic (exact) mass is 366 g/mol. The topological polar surface area (TPSA) is 81.8 Å². The average Bonchev–Trinajstić information content (AvgIpc) is 2.54. The summed E-state index contributed by atoms with van der Waals surface area (Å²) in [4.78, 5) is 27.7. The number of rotatable bonds is 6. The van der Waals surface area contributed by atoms with Gasteiger partial charge < -0.3 is 4.74 Å². The zero-order valence-corrected chi connectivity index (χ0v) is 14.8. The predicted molar refractivity (Wildman–Crippen MR) is 95.2 cm³/mol. The minimum atomic E-state index is -1.33. The molecule has 0 spiro atoms. The second kappa shape index (κ2) is 8.24. The second-order valence-electron chi connectivity index (χ2n) is 5.69. The van der Waals surface area contributed by atoms with E-state index in [0.29, 0.717) is 17.9 Å². The molecule has 6 nitrogen and oxygen atoms in total. The Morgan fingerprint density at radius 2 is 2.08 bits per heavy atom. The first-order valence-corrected chi connectivity index (χ1v) is 8.43. The lowest BCUT2D eigenvalue weighted by atomic mass is 9.80. The van der Waals surface area contributed by atoms with Crippen LogP contribution in [0.2, 0.25) is 0 Å². The van der Waals surface area contributed by atoms with Gasteiger partial charge in [0, 0.05) is 16.2 Å². The standard InChI is InChI=1S/C17H19FN2O4S/c1-10-14(17(21)24-8-5-9-25)15(12-6-3-4-7-13(12)18)16(20(22)23)11(2)19-10/h3-4,6-7,15-16,25H,5,8-9H2,1-2H3. The lowest BCUT2D eigenvalue weighted by molar-refractivity contribution is -0.505. The highest BCUT2D eigenvalue weighted by molar-refractivity contribution is 7.80. The Morgan fingerprint density at radius 1 is 1.40 bits per heavy atom. The fourth-order valence-corrected chi connectivity index (χ4v) is 3.05. The van der Waals surface area contributed by atoms with E-state index < -0.39 is 28.7 Å². The SMILES string of the molecule is CC1=NC(C)=C(C(=O)OCCCS)C(c2ccccc2F)C1[N+](=O)[O-]. The van der Waals surface area contributed by atoms with Gasteiger partial charge in [-0.05, 0) is 32.1 Å². The van der Waals surface area contributed by atoms with Crippen LogP contribution in [0.3, 0.4) is 0 Å². The molecule has 134 valence electrons. The van der Waals surface area contributed by atoms with E-state index >= 15 is 0 Å². The smallest absolute Gasteiger partial charge is 0.336 e. The Hall–Kier alpha value is -2.22. The highest BCUT2D eigenvalue weighted by atomic mass is 32.1. The van der Waals surface area contributed by atoms with Crippen molar-refractivity contribution in [1.29, 1.82) is 0 Å². The molecule has 1 aliphatic rings. The number of thiol groups is 1. The van der Waals surface area contributed by atoms with Crippen LogP contribution in [0.1, 0.15) is 31.7 Å². The molecule has 1 aliphatic heterocycles. The van der Waals surface area contributed by atoms with Crippen LogP contribution in [-0.2, 0) is 9.53 Å². The molecule has 1 aromatic rings. The number of halogens is 1. The molecule has 1 heterocycles. The highest BCUT2D eigenvalue weighted by Crippen LogP contribution is 2.38. The van der Waals surface area contributed by atoms with Crippen LogP contribution in [0.25, 0.3) is 0 Å². The van der Waals surface area contributed by atoms with Crippen molar-refractivity contribution in [2.24, 2.45) is 4.99 Å². The van der Waals surface area contributed by atoms with Gasteiger partial charge in [-0.3, -0.25) is 15.1 Å². The van der Waals surface area contributed by atoms with Crippen LogP contribution < -0.4 is 0 Å². The van der Waals surface area contributed by atoms with Gasteiger partial charge in [0.15, 0.2) is 0 Å². The molecule has 2 atom stereocenters. The van der Waals surface area contributed by atoms with Gasteiger partial charge in [0.2, 0.25) is 0 Å². The number of benzene rings is 1. The van der Waals surface area contributed by atoms with E-state index in [-0.39, 0.29) is 23.5 Å². The van der Waals surface area contributed by atoms with Gasteiger partial charge in [0.05, 0.1) is 23.8 Å². The number of nitro groups is 1. The predicted octanol–water partition coefficient (Wildman–Crippen LogP) is 3.17. The van der Waals surface area contributed by atoms with E-state index in [2.05, 4.69) is 17.6 Å². The molecule has 2 unspecified atom stereocenters. The molecular weight excluding hydrogens is 347 g/mol. The molecule has 0 fully saturated rings. The summed E-state index contributed by atoms with van der Waals surface area (Å²) in [6, 6.07) is 4.41. The molecule has 0 amide bonds. The average molecular weight is 366 g/mol. The van der Waals surface area contributed by atoms with E-state index in [9.17, 15) is 19.3 Å². The van der Waals surface area contributed by atoms with Crippen molar-refractivity contribution in [3.8, 4) is 0 Å². The van der Waals surface area contributed by atoms with Crippen LogP contribution in [0.5, 0.6) is 0 Å². The number of allylic oxidation sites excluding steroid dienone is 1. The molecule has 0 N–H and O–H groups in total. The lowest BCUT2D eigenvalue weighted by Crippen LogP contribution is -2.40. The Kier molecular flexibility index (Phi) is 6.30. The number of carbonyl (C=O) groups excluding carboxylic acids is 1. The summed E-state index contributed by atoms with van der Waals surface area (Å²) in [5.74, 6) is -1.87. The lowest BCUT2D eigenvalue weighted by Gasteiger charge is -2.27. The number of aliphatic imine (C=N–C) groups is 1. The van der Waals surface area contributed by atoms with Gasteiger partial charge in [0.25, 0.3) is 6.04 Å². The van der Waals surface area contributed by atoms with Crippen LogP contribution >= 0.6 is 12.6 Å². The van der Waals surface area contributed by atoms with Gasteiger partial charge in [-0.25, -0.2) is 9.18 Å². The first kappa shape index (κ1) is 19.1. The number of nitrogens with zero attached hydrogens (tertiary/aromatic N) is 2.